The van der Waals surface area contributed by atoms with Crippen molar-refractivity contribution in [2.75, 3.05) is 6.54 Å². The minimum Gasteiger partial charge on any atom is -0.361 e. The van der Waals surface area contributed by atoms with Crippen LogP contribution in [0.3, 0.4) is 0 Å². The van der Waals surface area contributed by atoms with Crippen LogP contribution >= 0.6 is 0 Å². The van der Waals surface area contributed by atoms with Crippen molar-refractivity contribution in [3.8, 4) is 0 Å². The van der Waals surface area contributed by atoms with Crippen LogP contribution in [0.2, 0.25) is 0 Å². The zero-order valence-electron chi connectivity index (χ0n) is 10.3. The van der Waals surface area contributed by atoms with E-state index in [2.05, 4.69) is 10.3 Å². The molecule has 2 aromatic rings. The summed E-state index contributed by atoms with van der Waals surface area (Å²) in [7, 11) is 0. The van der Waals surface area contributed by atoms with Gasteiger partial charge in [-0.3, -0.25) is 9.59 Å². The molecule has 2 rings (SSSR count). The Balaban J connectivity index is 1.95. The molecule has 1 aromatic carbocycles. The predicted octanol–water partition coefficient (Wildman–Crippen LogP) is 1.81. The third kappa shape index (κ3) is 2.59. The number of aromatic nitrogens is 1. The van der Waals surface area contributed by atoms with Gasteiger partial charge in [-0.15, -0.1) is 0 Å². The summed E-state index contributed by atoms with van der Waals surface area (Å²) in [6.07, 6.45) is 2.91. The van der Waals surface area contributed by atoms with Gasteiger partial charge in [-0.05, 0) is 18.1 Å². The number of benzene rings is 1. The van der Waals surface area contributed by atoms with Crippen LogP contribution in [0.25, 0.3) is 10.9 Å². The van der Waals surface area contributed by atoms with Crippen LogP contribution in [-0.2, 0) is 16.0 Å². The van der Waals surface area contributed by atoms with Gasteiger partial charge < -0.3 is 10.3 Å². The number of para-hydroxylation sites is 1. The van der Waals surface area contributed by atoms with E-state index in [1.54, 1.807) is 6.92 Å². The molecule has 0 fully saturated rings. The number of rotatable bonds is 5. The summed E-state index contributed by atoms with van der Waals surface area (Å²) in [6.45, 7) is 2.16. The molecule has 0 unspecified atom stereocenters. The average Bonchev–Trinajstić information content (AvgIpc) is 2.81. The van der Waals surface area contributed by atoms with Gasteiger partial charge in [-0.2, -0.15) is 0 Å². The van der Waals surface area contributed by atoms with E-state index in [1.807, 2.05) is 30.5 Å². The first-order valence-electron chi connectivity index (χ1n) is 6.08. The first-order valence-corrected chi connectivity index (χ1v) is 6.08. The number of H-pyrrole nitrogens is 1. The molecule has 0 aliphatic carbocycles. The van der Waals surface area contributed by atoms with E-state index in [4.69, 9.17) is 0 Å². The van der Waals surface area contributed by atoms with Gasteiger partial charge in [0, 0.05) is 30.1 Å². The van der Waals surface area contributed by atoms with Crippen molar-refractivity contribution in [3.05, 3.63) is 36.0 Å². The van der Waals surface area contributed by atoms with Crippen LogP contribution in [0.15, 0.2) is 30.5 Å². The zero-order chi connectivity index (χ0) is 13.0. The normalized spacial score (nSPS) is 10.5. The number of aromatic amines is 1. The number of ketones is 1. The topological polar surface area (TPSA) is 62.0 Å². The molecule has 2 N–H and O–H groups in total. The van der Waals surface area contributed by atoms with Crippen LogP contribution in [0.1, 0.15) is 18.9 Å². The SMILES string of the molecule is CCC(=O)C(=O)NCCc1c[nH]c2ccccc12. The number of carbonyl (C=O) groups excluding carboxylic acids is 2. The smallest absolute Gasteiger partial charge is 0.287 e. The molecule has 0 saturated heterocycles. The molecule has 0 aliphatic rings. The van der Waals surface area contributed by atoms with Crippen LogP contribution in [0.4, 0.5) is 0 Å². The zero-order valence-corrected chi connectivity index (χ0v) is 10.3. The maximum atomic E-state index is 11.3. The van der Waals surface area contributed by atoms with Gasteiger partial charge in [0.1, 0.15) is 0 Å². The largest absolute Gasteiger partial charge is 0.361 e. The molecule has 4 nitrogen and oxygen atoms in total. The Morgan fingerprint density at radius 3 is 2.83 bits per heavy atom. The molecule has 0 atom stereocenters. The summed E-state index contributed by atoms with van der Waals surface area (Å²) in [6, 6.07) is 8.02. The van der Waals surface area contributed by atoms with Crippen molar-refractivity contribution in [2.45, 2.75) is 19.8 Å². The van der Waals surface area contributed by atoms with E-state index in [1.165, 1.54) is 0 Å². The first-order chi connectivity index (χ1) is 8.72. The molecule has 0 saturated carbocycles. The fourth-order valence-corrected chi connectivity index (χ4v) is 1.91. The van der Waals surface area contributed by atoms with Gasteiger partial charge in [0.25, 0.3) is 5.91 Å². The molecule has 4 heteroatoms. The molecular formula is C14H16N2O2. The molecule has 0 radical (unpaired) electrons. The van der Waals surface area contributed by atoms with E-state index in [0.717, 1.165) is 16.5 Å². The lowest BCUT2D eigenvalue weighted by atomic mass is 10.1. The Morgan fingerprint density at radius 2 is 2.06 bits per heavy atom. The lowest BCUT2D eigenvalue weighted by Crippen LogP contribution is -2.32. The highest BCUT2D eigenvalue weighted by Gasteiger charge is 2.10. The lowest BCUT2D eigenvalue weighted by Gasteiger charge is -2.02. The number of fused-ring (bicyclic) bond motifs is 1. The standard InChI is InChI=1S/C14H16N2O2/c1-2-13(17)14(18)15-8-7-10-9-16-12-6-4-3-5-11(10)12/h3-6,9,16H,2,7-8H2,1H3,(H,15,18). The second-order valence-corrected chi connectivity index (χ2v) is 4.14. The predicted molar refractivity (Wildman–Crippen MR) is 70.3 cm³/mol. The molecular weight excluding hydrogens is 228 g/mol. The van der Waals surface area contributed by atoms with E-state index in [0.29, 0.717) is 13.0 Å². The van der Waals surface area contributed by atoms with Crippen LogP contribution in [0, 0.1) is 0 Å². The maximum Gasteiger partial charge on any atom is 0.287 e. The van der Waals surface area contributed by atoms with Crippen molar-refractivity contribution < 1.29 is 9.59 Å². The highest BCUT2D eigenvalue weighted by molar-refractivity contribution is 6.36. The second kappa shape index (κ2) is 5.49. The molecule has 1 aromatic heterocycles. The maximum absolute atomic E-state index is 11.3. The Labute approximate surface area is 105 Å². The van der Waals surface area contributed by atoms with E-state index in [-0.39, 0.29) is 12.2 Å². The first kappa shape index (κ1) is 12.4. The average molecular weight is 244 g/mol. The summed E-state index contributed by atoms with van der Waals surface area (Å²) < 4.78 is 0. The second-order valence-electron chi connectivity index (χ2n) is 4.14. The van der Waals surface area contributed by atoms with Crippen LogP contribution < -0.4 is 5.32 Å². The highest BCUT2D eigenvalue weighted by Crippen LogP contribution is 2.17. The number of hydrogen-bond donors (Lipinski definition) is 2. The molecule has 0 bridgehead atoms. The summed E-state index contributed by atoms with van der Waals surface area (Å²) >= 11 is 0. The van der Waals surface area contributed by atoms with E-state index >= 15 is 0 Å². The van der Waals surface area contributed by atoms with Crippen LogP contribution in [0.5, 0.6) is 0 Å². The Bertz CT molecular complexity index is 572. The number of amides is 1. The minimum absolute atomic E-state index is 0.249. The minimum atomic E-state index is -0.489. The highest BCUT2D eigenvalue weighted by atomic mass is 16.2. The molecule has 0 aliphatic heterocycles. The fraction of sp³-hybridized carbons (Fsp3) is 0.286. The molecule has 1 heterocycles. The van der Waals surface area contributed by atoms with Gasteiger partial charge >= 0.3 is 0 Å². The van der Waals surface area contributed by atoms with Crippen molar-refractivity contribution in [3.63, 3.8) is 0 Å². The van der Waals surface area contributed by atoms with Crippen molar-refractivity contribution in [1.29, 1.82) is 0 Å². The van der Waals surface area contributed by atoms with E-state index < -0.39 is 5.91 Å². The van der Waals surface area contributed by atoms with Crippen molar-refractivity contribution >= 4 is 22.6 Å². The molecule has 0 spiro atoms. The van der Waals surface area contributed by atoms with Crippen molar-refractivity contribution in [2.24, 2.45) is 0 Å². The Morgan fingerprint density at radius 1 is 1.28 bits per heavy atom. The number of Topliss-reactive ketones (excluding diaryl/α,β-unsaturated/α-hetero) is 1. The van der Waals surface area contributed by atoms with E-state index in [9.17, 15) is 9.59 Å². The third-order valence-corrected chi connectivity index (χ3v) is 2.93. The van der Waals surface area contributed by atoms with Gasteiger partial charge in [0.2, 0.25) is 5.78 Å². The fourth-order valence-electron chi connectivity index (χ4n) is 1.91. The molecule has 1 amide bonds. The number of nitrogens with one attached hydrogen (secondary N) is 2. The van der Waals surface area contributed by atoms with Crippen molar-refractivity contribution in [1.82, 2.24) is 10.3 Å². The molecule has 18 heavy (non-hydrogen) atoms. The Kier molecular flexibility index (Phi) is 3.77. The lowest BCUT2D eigenvalue weighted by molar-refractivity contribution is -0.137. The van der Waals surface area contributed by atoms with Crippen LogP contribution in [-0.4, -0.2) is 23.2 Å². The van der Waals surface area contributed by atoms with Gasteiger partial charge in [-0.1, -0.05) is 25.1 Å². The van der Waals surface area contributed by atoms with Gasteiger partial charge in [-0.25, -0.2) is 0 Å². The monoisotopic (exact) mass is 244 g/mol. The summed E-state index contributed by atoms with van der Waals surface area (Å²) in [4.78, 5) is 25.6. The van der Waals surface area contributed by atoms with Gasteiger partial charge in [0.05, 0.1) is 0 Å². The Hall–Kier alpha value is -2.10. The summed E-state index contributed by atoms with van der Waals surface area (Å²) in [5.74, 6) is -0.855. The number of hydrogen-bond acceptors (Lipinski definition) is 2. The molecule has 94 valence electrons. The quantitative estimate of drug-likeness (QED) is 0.788. The summed E-state index contributed by atoms with van der Waals surface area (Å²) in [5.41, 5.74) is 2.23. The number of carbonyl (C=O) groups is 2. The summed E-state index contributed by atoms with van der Waals surface area (Å²) in [5, 5.41) is 3.79. The third-order valence-electron chi connectivity index (χ3n) is 2.93. The van der Waals surface area contributed by atoms with Gasteiger partial charge in [0.15, 0.2) is 0 Å².